The van der Waals surface area contributed by atoms with Crippen molar-refractivity contribution in [1.29, 1.82) is 0 Å². The van der Waals surface area contributed by atoms with Gasteiger partial charge in [0.2, 0.25) is 0 Å². The zero-order valence-electron chi connectivity index (χ0n) is 15.2. The molecule has 26 heavy (non-hydrogen) atoms. The first-order valence-corrected chi connectivity index (χ1v) is 10.1. The molecule has 4 heterocycles. The lowest BCUT2D eigenvalue weighted by Crippen LogP contribution is -2.45. The molecule has 0 radical (unpaired) electrons. The largest absolute Gasteiger partial charge is 0.459 e. The molecule has 4 rings (SSSR count). The quantitative estimate of drug-likeness (QED) is 0.805. The number of piperidine rings is 1. The monoisotopic (exact) mass is 374 g/mol. The molecule has 0 saturated carbocycles. The summed E-state index contributed by atoms with van der Waals surface area (Å²) < 4.78 is 10.8. The first-order chi connectivity index (χ1) is 12.7. The summed E-state index contributed by atoms with van der Waals surface area (Å²) in [6, 6.07) is 7.86. The molecule has 2 aliphatic rings. The molecule has 2 fully saturated rings. The van der Waals surface area contributed by atoms with Gasteiger partial charge in [-0.25, -0.2) is 0 Å². The van der Waals surface area contributed by atoms with E-state index >= 15 is 0 Å². The van der Waals surface area contributed by atoms with E-state index in [-0.39, 0.29) is 11.3 Å². The minimum atomic E-state index is 0.00833. The van der Waals surface area contributed by atoms with Crippen LogP contribution in [-0.4, -0.2) is 55.6 Å². The van der Waals surface area contributed by atoms with Gasteiger partial charge in [-0.2, -0.15) is 0 Å². The highest BCUT2D eigenvalue weighted by molar-refractivity contribution is 7.09. The van der Waals surface area contributed by atoms with Gasteiger partial charge < -0.3 is 14.1 Å². The van der Waals surface area contributed by atoms with Crippen molar-refractivity contribution >= 4 is 17.2 Å². The Balaban J connectivity index is 1.43. The number of rotatable bonds is 5. The Kier molecular flexibility index (Phi) is 5.16. The van der Waals surface area contributed by atoms with E-state index in [4.69, 9.17) is 9.15 Å². The van der Waals surface area contributed by atoms with Gasteiger partial charge in [0.05, 0.1) is 12.9 Å². The van der Waals surface area contributed by atoms with Crippen molar-refractivity contribution in [3.63, 3.8) is 0 Å². The molecule has 0 aliphatic carbocycles. The lowest BCUT2D eigenvalue weighted by molar-refractivity contribution is 0.0350. The fourth-order valence-corrected chi connectivity index (χ4v) is 5.27. The molecule has 5 nitrogen and oxygen atoms in total. The average molecular weight is 375 g/mol. The molecule has 2 aromatic heterocycles. The highest BCUT2D eigenvalue weighted by atomic mass is 32.1. The van der Waals surface area contributed by atoms with Crippen LogP contribution in [0.5, 0.6) is 0 Å². The summed E-state index contributed by atoms with van der Waals surface area (Å²) in [6.07, 6.45) is 3.80. The molecule has 1 spiro atoms. The van der Waals surface area contributed by atoms with Gasteiger partial charge in [-0.1, -0.05) is 6.07 Å². The van der Waals surface area contributed by atoms with Crippen LogP contribution in [-0.2, 0) is 11.3 Å². The van der Waals surface area contributed by atoms with Gasteiger partial charge in [0.15, 0.2) is 5.76 Å². The fraction of sp³-hybridized carbons (Fsp3) is 0.550. The molecule has 6 heteroatoms. The van der Waals surface area contributed by atoms with Gasteiger partial charge in [-0.15, -0.1) is 11.3 Å². The number of thiophene rings is 1. The Hall–Kier alpha value is -1.63. The second-order valence-electron chi connectivity index (χ2n) is 7.53. The number of ether oxygens (including phenoxy) is 1. The van der Waals surface area contributed by atoms with E-state index < -0.39 is 0 Å². The molecule has 2 aromatic rings. The maximum atomic E-state index is 12.7. The van der Waals surface area contributed by atoms with Crippen LogP contribution in [0, 0.1) is 11.3 Å². The second kappa shape index (κ2) is 7.55. The van der Waals surface area contributed by atoms with Crippen LogP contribution in [0.25, 0.3) is 0 Å². The second-order valence-corrected chi connectivity index (χ2v) is 8.57. The normalized spacial score (nSPS) is 23.0. The van der Waals surface area contributed by atoms with Crippen LogP contribution in [0.4, 0.5) is 0 Å². The summed E-state index contributed by atoms with van der Waals surface area (Å²) in [5.41, 5.74) is 0.171. The van der Waals surface area contributed by atoms with E-state index in [0.29, 0.717) is 18.3 Å². The molecule has 0 N–H and O–H groups in total. The minimum Gasteiger partial charge on any atom is -0.459 e. The Morgan fingerprint density at radius 2 is 2.19 bits per heavy atom. The number of carbonyl (C=O) groups is 1. The fourth-order valence-electron chi connectivity index (χ4n) is 4.52. The van der Waals surface area contributed by atoms with Gasteiger partial charge in [0.25, 0.3) is 5.91 Å². The number of nitrogens with zero attached hydrogens (tertiary/aromatic N) is 2. The molecular formula is C20H26N2O3S. The third-order valence-electron chi connectivity index (χ3n) is 6.01. The summed E-state index contributed by atoms with van der Waals surface area (Å²) in [5.74, 6) is 0.845. The highest BCUT2D eigenvalue weighted by Gasteiger charge is 2.49. The van der Waals surface area contributed by atoms with E-state index in [1.54, 1.807) is 25.5 Å². The number of carbonyl (C=O) groups excluding carboxylic acids is 1. The van der Waals surface area contributed by atoms with Crippen LogP contribution in [0.1, 0.15) is 28.3 Å². The Morgan fingerprint density at radius 1 is 1.35 bits per heavy atom. The summed E-state index contributed by atoms with van der Waals surface area (Å²) in [6.45, 7) is 5.50. The molecule has 1 amide bonds. The first-order valence-electron chi connectivity index (χ1n) is 9.27. The van der Waals surface area contributed by atoms with Crippen LogP contribution < -0.4 is 0 Å². The van der Waals surface area contributed by atoms with E-state index in [1.807, 2.05) is 16.2 Å². The number of likely N-dealkylation sites (tertiary alicyclic amines) is 2. The molecule has 140 valence electrons. The summed E-state index contributed by atoms with van der Waals surface area (Å²) in [4.78, 5) is 18.7. The number of methoxy groups -OCH3 is 1. The smallest absolute Gasteiger partial charge is 0.289 e. The zero-order valence-corrected chi connectivity index (χ0v) is 16.0. The van der Waals surface area contributed by atoms with Crippen molar-refractivity contribution in [3.8, 4) is 0 Å². The lowest BCUT2D eigenvalue weighted by Gasteiger charge is -2.42. The SMILES string of the molecule is COCC1CN(C(=O)c2ccco2)CC12CCN(Cc1cccs1)CC2. The van der Waals surface area contributed by atoms with Crippen molar-refractivity contribution in [1.82, 2.24) is 9.80 Å². The number of furan rings is 1. The average Bonchev–Trinajstić information content (AvgIpc) is 3.40. The molecule has 0 bridgehead atoms. The molecule has 0 aromatic carbocycles. The summed E-state index contributed by atoms with van der Waals surface area (Å²) >= 11 is 1.83. The maximum Gasteiger partial charge on any atom is 0.289 e. The predicted molar refractivity (Wildman–Crippen MR) is 101 cm³/mol. The first kappa shape index (κ1) is 17.8. The molecular weight excluding hydrogens is 348 g/mol. The Labute approximate surface area is 158 Å². The van der Waals surface area contributed by atoms with Crippen molar-refractivity contribution in [2.45, 2.75) is 19.4 Å². The van der Waals surface area contributed by atoms with E-state index in [9.17, 15) is 4.79 Å². The van der Waals surface area contributed by atoms with Gasteiger partial charge in [-0.3, -0.25) is 9.69 Å². The topological polar surface area (TPSA) is 45.9 Å². The van der Waals surface area contributed by atoms with Gasteiger partial charge >= 0.3 is 0 Å². The number of amides is 1. The van der Waals surface area contributed by atoms with Crippen LogP contribution >= 0.6 is 11.3 Å². The van der Waals surface area contributed by atoms with Crippen molar-refractivity contribution < 1.29 is 13.9 Å². The predicted octanol–water partition coefficient (Wildman–Crippen LogP) is 3.34. The van der Waals surface area contributed by atoms with Gasteiger partial charge in [-0.05, 0) is 54.9 Å². The molecule has 2 saturated heterocycles. The summed E-state index contributed by atoms with van der Waals surface area (Å²) in [7, 11) is 1.76. The van der Waals surface area contributed by atoms with Gasteiger partial charge in [0, 0.05) is 37.5 Å². The highest BCUT2D eigenvalue weighted by Crippen LogP contribution is 2.45. The number of hydrogen-bond acceptors (Lipinski definition) is 5. The van der Waals surface area contributed by atoms with Crippen LogP contribution in [0.15, 0.2) is 40.3 Å². The Bertz CT molecular complexity index is 706. The van der Waals surface area contributed by atoms with Gasteiger partial charge in [0.1, 0.15) is 0 Å². The van der Waals surface area contributed by atoms with Crippen molar-refractivity contribution in [2.75, 3.05) is 39.9 Å². The van der Waals surface area contributed by atoms with E-state index in [0.717, 1.165) is 45.6 Å². The molecule has 1 unspecified atom stereocenters. The lowest BCUT2D eigenvalue weighted by atomic mass is 9.71. The summed E-state index contributed by atoms with van der Waals surface area (Å²) in [5, 5.41) is 2.14. The zero-order chi connectivity index (χ0) is 18.0. The Morgan fingerprint density at radius 3 is 2.85 bits per heavy atom. The number of hydrogen-bond donors (Lipinski definition) is 0. The van der Waals surface area contributed by atoms with Crippen molar-refractivity contribution in [2.24, 2.45) is 11.3 Å². The maximum absolute atomic E-state index is 12.7. The van der Waals surface area contributed by atoms with Crippen LogP contribution in [0.3, 0.4) is 0 Å². The van der Waals surface area contributed by atoms with Crippen molar-refractivity contribution in [3.05, 3.63) is 46.5 Å². The van der Waals surface area contributed by atoms with E-state index in [1.165, 1.54) is 4.88 Å². The molecule has 1 atom stereocenters. The third-order valence-corrected chi connectivity index (χ3v) is 6.87. The minimum absolute atomic E-state index is 0.00833. The third kappa shape index (κ3) is 3.46. The molecule has 2 aliphatic heterocycles. The van der Waals surface area contributed by atoms with Crippen LogP contribution in [0.2, 0.25) is 0 Å². The van der Waals surface area contributed by atoms with E-state index in [2.05, 4.69) is 22.4 Å². The standard InChI is InChI=1S/C20H26N2O3S/c1-24-14-16-12-22(19(23)18-5-2-10-25-18)15-20(16)6-8-21(9-7-20)13-17-4-3-11-26-17/h2-5,10-11,16H,6-9,12-15H2,1H3.